The third kappa shape index (κ3) is 1.87. The zero-order chi connectivity index (χ0) is 12.4. The summed E-state index contributed by atoms with van der Waals surface area (Å²) < 4.78 is 0. The zero-order valence-electron chi connectivity index (χ0n) is 10.0. The molecule has 2 nitrogen and oxygen atoms in total. The van der Waals surface area contributed by atoms with Gasteiger partial charge in [0, 0.05) is 18.1 Å². The molecule has 1 heterocycles. The molecule has 2 heteroatoms. The lowest BCUT2D eigenvalue weighted by Gasteiger charge is -2.07. The minimum Gasteiger partial charge on any atom is -0.325 e. The average Bonchev–Trinajstić information content (AvgIpc) is 2.47. The molecule has 0 aliphatic rings. The van der Waals surface area contributed by atoms with Gasteiger partial charge in [-0.3, -0.25) is 4.98 Å². The van der Waals surface area contributed by atoms with E-state index < -0.39 is 0 Å². The summed E-state index contributed by atoms with van der Waals surface area (Å²) in [6.07, 6.45) is 1.92. The van der Waals surface area contributed by atoms with Crippen LogP contribution < -0.4 is 5.73 Å². The van der Waals surface area contributed by atoms with Crippen LogP contribution in [-0.2, 0) is 6.54 Å². The normalized spacial score (nSPS) is 10.7. The summed E-state index contributed by atoms with van der Waals surface area (Å²) in [5.41, 5.74) is 8.98. The van der Waals surface area contributed by atoms with Crippen molar-refractivity contribution in [1.29, 1.82) is 0 Å². The Kier molecular flexibility index (Phi) is 2.79. The van der Waals surface area contributed by atoms with E-state index in [0.29, 0.717) is 6.54 Å². The van der Waals surface area contributed by atoms with E-state index >= 15 is 0 Å². The molecule has 0 atom stereocenters. The van der Waals surface area contributed by atoms with E-state index in [9.17, 15) is 0 Å². The predicted octanol–water partition coefficient (Wildman–Crippen LogP) is 3.36. The van der Waals surface area contributed by atoms with E-state index in [4.69, 9.17) is 5.73 Å². The molecule has 0 bridgehead atoms. The third-order valence-electron chi connectivity index (χ3n) is 3.12. The standard InChI is InChI=1S/C16H14N2/c17-10-14-9-13-7-4-8-15(16(13)11-18-14)12-5-2-1-3-6-12/h1-9,11H,10,17H2. The number of pyridine rings is 1. The number of nitrogens with two attached hydrogens (primary N) is 1. The molecule has 0 fully saturated rings. The zero-order valence-corrected chi connectivity index (χ0v) is 10.0. The molecule has 1 aromatic heterocycles. The highest BCUT2D eigenvalue weighted by molar-refractivity contribution is 5.96. The van der Waals surface area contributed by atoms with Crippen molar-refractivity contribution >= 4 is 10.8 Å². The monoisotopic (exact) mass is 234 g/mol. The fraction of sp³-hybridized carbons (Fsp3) is 0.0625. The first-order chi connectivity index (χ1) is 8.88. The van der Waals surface area contributed by atoms with Crippen molar-refractivity contribution in [2.75, 3.05) is 0 Å². The van der Waals surface area contributed by atoms with Crippen LogP contribution in [0.15, 0.2) is 60.8 Å². The fourth-order valence-electron chi connectivity index (χ4n) is 2.20. The lowest BCUT2D eigenvalue weighted by molar-refractivity contribution is 0.998. The van der Waals surface area contributed by atoms with Crippen LogP contribution in [0.25, 0.3) is 21.9 Å². The molecule has 18 heavy (non-hydrogen) atoms. The Morgan fingerprint density at radius 3 is 2.56 bits per heavy atom. The van der Waals surface area contributed by atoms with Gasteiger partial charge in [0.15, 0.2) is 0 Å². The molecule has 3 aromatic rings. The maximum absolute atomic E-state index is 5.63. The first-order valence-corrected chi connectivity index (χ1v) is 6.01. The number of fused-ring (bicyclic) bond motifs is 1. The molecule has 0 saturated heterocycles. The van der Waals surface area contributed by atoms with E-state index in [1.165, 1.54) is 21.9 Å². The second-order valence-corrected chi connectivity index (χ2v) is 4.27. The quantitative estimate of drug-likeness (QED) is 0.738. The number of benzene rings is 2. The summed E-state index contributed by atoms with van der Waals surface area (Å²) in [7, 11) is 0. The highest BCUT2D eigenvalue weighted by atomic mass is 14.7. The van der Waals surface area contributed by atoms with Gasteiger partial charge < -0.3 is 5.73 Å². The molecule has 0 aliphatic heterocycles. The van der Waals surface area contributed by atoms with Gasteiger partial charge in [-0.15, -0.1) is 0 Å². The van der Waals surface area contributed by atoms with Gasteiger partial charge in [0.2, 0.25) is 0 Å². The molecule has 0 saturated carbocycles. The minimum absolute atomic E-state index is 0.478. The molecule has 0 radical (unpaired) electrons. The molecule has 0 amide bonds. The van der Waals surface area contributed by atoms with Crippen molar-refractivity contribution in [1.82, 2.24) is 4.98 Å². The smallest absolute Gasteiger partial charge is 0.0545 e. The Morgan fingerprint density at radius 1 is 0.944 bits per heavy atom. The molecular formula is C16H14N2. The van der Waals surface area contributed by atoms with Gasteiger partial charge in [0.05, 0.1) is 5.69 Å². The van der Waals surface area contributed by atoms with Gasteiger partial charge >= 0.3 is 0 Å². The van der Waals surface area contributed by atoms with Crippen LogP contribution in [-0.4, -0.2) is 4.98 Å². The average molecular weight is 234 g/mol. The number of rotatable bonds is 2. The van der Waals surface area contributed by atoms with Crippen LogP contribution in [0.1, 0.15) is 5.69 Å². The highest BCUT2D eigenvalue weighted by Crippen LogP contribution is 2.28. The van der Waals surface area contributed by atoms with Gasteiger partial charge in [-0.05, 0) is 22.6 Å². The fourth-order valence-corrected chi connectivity index (χ4v) is 2.20. The van der Waals surface area contributed by atoms with E-state index in [0.717, 1.165) is 5.69 Å². The van der Waals surface area contributed by atoms with Crippen molar-refractivity contribution in [2.45, 2.75) is 6.54 Å². The number of aromatic nitrogens is 1. The molecule has 2 N–H and O–H groups in total. The Bertz CT molecular complexity index is 675. The van der Waals surface area contributed by atoms with E-state index in [2.05, 4.69) is 53.5 Å². The third-order valence-corrected chi connectivity index (χ3v) is 3.12. The Morgan fingerprint density at radius 2 is 1.78 bits per heavy atom. The van der Waals surface area contributed by atoms with E-state index in [-0.39, 0.29) is 0 Å². The Hall–Kier alpha value is -2.19. The molecular weight excluding hydrogens is 220 g/mol. The molecule has 0 aliphatic carbocycles. The van der Waals surface area contributed by atoms with E-state index in [1.54, 1.807) is 0 Å². The summed E-state index contributed by atoms with van der Waals surface area (Å²) in [4.78, 5) is 4.39. The second kappa shape index (κ2) is 4.59. The van der Waals surface area contributed by atoms with Gasteiger partial charge in [-0.2, -0.15) is 0 Å². The van der Waals surface area contributed by atoms with Gasteiger partial charge in [0.25, 0.3) is 0 Å². The van der Waals surface area contributed by atoms with Gasteiger partial charge in [0.1, 0.15) is 0 Å². The van der Waals surface area contributed by atoms with Crippen LogP contribution in [0.4, 0.5) is 0 Å². The topological polar surface area (TPSA) is 38.9 Å². The first-order valence-electron chi connectivity index (χ1n) is 6.01. The van der Waals surface area contributed by atoms with Crippen LogP contribution >= 0.6 is 0 Å². The van der Waals surface area contributed by atoms with E-state index in [1.807, 2.05) is 12.3 Å². The summed E-state index contributed by atoms with van der Waals surface area (Å²) in [5, 5.41) is 2.35. The molecule has 0 unspecified atom stereocenters. The number of nitrogens with zero attached hydrogens (tertiary/aromatic N) is 1. The summed E-state index contributed by atoms with van der Waals surface area (Å²) in [5.74, 6) is 0. The Balaban J connectivity index is 2.25. The Labute approximate surface area is 106 Å². The first kappa shape index (κ1) is 10.9. The van der Waals surface area contributed by atoms with Crippen LogP contribution in [0, 0.1) is 0 Å². The van der Waals surface area contributed by atoms with Crippen molar-refractivity contribution < 1.29 is 0 Å². The van der Waals surface area contributed by atoms with Crippen molar-refractivity contribution in [3.05, 3.63) is 66.5 Å². The van der Waals surface area contributed by atoms with Gasteiger partial charge in [-0.1, -0.05) is 48.5 Å². The predicted molar refractivity (Wildman–Crippen MR) is 75.1 cm³/mol. The summed E-state index contributed by atoms with van der Waals surface area (Å²) in [6, 6.07) is 18.7. The second-order valence-electron chi connectivity index (χ2n) is 4.27. The molecule has 0 spiro atoms. The summed E-state index contributed by atoms with van der Waals surface area (Å²) >= 11 is 0. The van der Waals surface area contributed by atoms with Gasteiger partial charge in [-0.25, -0.2) is 0 Å². The van der Waals surface area contributed by atoms with Crippen LogP contribution in [0.3, 0.4) is 0 Å². The SMILES string of the molecule is NCc1cc2cccc(-c3ccccc3)c2cn1. The van der Waals surface area contributed by atoms with Crippen molar-refractivity contribution in [2.24, 2.45) is 5.73 Å². The van der Waals surface area contributed by atoms with Crippen LogP contribution in [0.5, 0.6) is 0 Å². The van der Waals surface area contributed by atoms with Crippen molar-refractivity contribution in [3.8, 4) is 11.1 Å². The summed E-state index contributed by atoms with van der Waals surface area (Å²) in [6.45, 7) is 0.478. The largest absolute Gasteiger partial charge is 0.325 e. The minimum atomic E-state index is 0.478. The number of hydrogen-bond acceptors (Lipinski definition) is 2. The molecule has 88 valence electrons. The highest BCUT2D eigenvalue weighted by Gasteiger charge is 2.04. The lowest BCUT2D eigenvalue weighted by Crippen LogP contribution is -1.98. The van der Waals surface area contributed by atoms with Crippen LogP contribution in [0.2, 0.25) is 0 Å². The van der Waals surface area contributed by atoms with Crippen molar-refractivity contribution in [3.63, 3.8) is 0 Å². The lowest BCUT2D eigenvalue weighted by atomic mass is 9.99. The maximum Gasteiger partial charge on any atom is 0.0545 e. The molecule has 3 rings (SSSR count). The maximum atomic E-state index is 5.63. The number of hydrogen-bond donors (Lipinski definition) is 1. The molecule has 2 aromatic carbocycles.